The summed E-state index contributed by atoms with van der Waals surface area (Å²) in [6.45, 7) is 1.73. The number of aromatic nitrogens is 3. The molecule has 0 fully saturated rings. The predicted octanol–water partition coefficient (Wildman–Crippen LogP) is 4.53. The monoisotopic (exact) mass is 406 g/mol. The summed E-state index contributed by atoms with van der Waals surface area (Å²) < 4.78 is 14.5. The van der Waals surface area contributed by atoms with Gasteiger partial charge in [-0.3, -0.25) is 14.7 Å². The molecule has 6 nitrogen and oxygen atoms in total. The molecule has 2 aromatic carbocycles. The fraction of sp³-hybridized carbons (Fsp3) is 0.0476. The van der Waals surface area contributed by atoms with Crippen LogP contribution in [0, 0.1) is 12.7 Å². The van der Waals surface area contributed by atoms with E-state index >= 15 is 0 Å². The summed E-state index contributed by atoms with van der Waals surface area (Å²) in [5.74, 6) is -1.88. The number of carbonyl (C=O) groups is 2. The van der Waals surface area contributed by atoms with Gasteiger partial charge in [-0.25, -0.2) is 14.3 Å². The summed E-state index contributed by atoms with van der Waals surface area (Å²) in [6.07, 6.45) is 1.30. The lowest BCUT2D eigenvalue weighted by atomic mass is 10.0. The zero-order chi connectivity index (χ0) is 20.3. The van der Waals surface area contributed by atoms with Gasteiger partial charge in [0.25, 0.3) is 11.8 Å². The van der Waals surface area contributed by atoms with Gasteiger partial charge >= 0.3 is 0 Å². The summed E-state index contributed by atoms with van der Waals surface area (Å²) in [4.78, 5) is 31.2. The number of aryl methyl sites for hydroxylation is 1. The van der Waals surface area contributed by atoms with Crippen LogP contribution in [0.3, 0.4) is 0 Å². The molecule has 0 saturated heterocycles. The van der Waals surface area contributed by atoms with Gasteiger partial charge in [0.2, 0.25) is 0 Å². The third kappa shape index (κ3) is 2.55. The van der Waals surface area contributed by atoms with Gasteiger partial charge in [-0.2, -0.15) is 5.10 Å². The van der Waals surface area contributed by atoms with Crippen molar-refractivity contribution in [2.45, 2.75) is 6.92 Å². The van der Waals surface area contributed by atoms with E-state index in [0.717, 1.165) is 10.5 Å². The first kappa shape index (κ1) is 17.5. The maximum Gasteiger partial charge on any atom is 0.267 e. The lowest BCUT2D eigenvalue weighted by molar-refractivity contribution is 0.0925. The Morgan fingerprint density at radius 2 is 1.83 bits per heavy atom. The average Bonchev–Trinajstić information content (AvgIpc) is 3.23. The summed E-state index contributed by atoms with van der Waals surface area (Å²) in [5, 5.41) is 8.01. The van der Waals surface area contributed by atoms with Crippen LogP contribution in [-0.2, 0) is 0 Å². The maximum atomic E-state index is 14.5. The molecule has 0 atom stereocenters. The molecule has 0 unspecified atom stereocenters. The van der Waals surface area contributed by atoms with Crippen molar-refractivity contribution in [2.24, 2.45) is 0 Å². The predicted molar refractivity (Wildman–Crippen MR) is 107 cm³/mol. The third-order valence-corrected chi connectivity index (χ3v) is 5.16. The van der Waals surface area contributed by atoms with Crippen LogP contribution in [0.1, 0.15) is 26.3 Å². The highest BCUT2D eigenvalue weighted by molar-refractivity contribution is 6.38. The average molecular weight is 407 g/mol. The number of H-pyrrole nitrogens is 1. The lowest BCUT2D eigenvalue weighted by Crippen LogP contribution is -2.30. The van der Waals surface area contributed by atoms with E-state index in [1.54, 1.807) is 37.3 Å². The number of aromatic amines is 1. The van der Waals surface area contributed by atoms with Gasteiger partial charge < -0.3 is 0 Å². The number of nitrogens with zero attached hydrogens (tertiary/aromatic N) is 3. The number of hydrogen-bond donors (Lipinski definition) is 1. The van der Waals surface area contributed by atoms with E-state index in [-0.39, 0.29) is 16.8 Å². The lowest BCUT2D eigenvalue weighted by Gasteiger charge is -2.15. The number of benzene rings is 2. The molecule has 142 valence electrons. The van der Waals surface area contributed by atoms with Crippen molar-refractivity contribution in [3.8, 4) is 11.3 Å². The van der Waals surface area contributed by atoms with Crippen molar-refractivity contribution in [3.63, 3.8) is 0 Å². The molecule has 1 aliphatic rings. The number of imide groups is 1. The minimum Gasteiger partial charge on any atom is -0.275 e. The van der Waals surface area contributed by atoms with Crippen molar-refractivity contribution in [2.75, 3.05) is 4.90 Å². The SMILES string of the molecule is Cc1ccc(N2C(=O)c3cnc4n[nH]c(-c5ccc(Cl)cc5)c4c3C2=O)c(F)c1. The van der Waals surface area contributed by atoms with Crippen LogP contribution in [-0.4, -0.2) is 27.0 Å². The number of fused-ring (bicyclic) bond motifs is 3. The number of carbonyl (C=O) groups excluding carboxylic acids is 2. The zero-order valence-electron chi connectivity index (χ0n) is 15.0. The molecule has 5 rings (SSSR count). The molecule has 1 aliphatic heterocycles. The Kier molecular flexibility index (Phi) is 3.75. The van der Waals surface area contributed by atoms with Crippen molar-refractivity contribution in [1.29, 1.82) is 0 Å². The number of anilines is 1. The minimum atomic E-state index is -0.645. The molecule has 8 heteroatoms. The molecule has 0 radical (unpaired) electrons. The summed E-state index contributed by atoms with van der Waals surface area (Å²) >= 11 is 5.96. The molecule has 3 heterocycles. The van der Waals surface area contributed by atoms with Gasteiger partial charge in [-0.15, -0.1) is 0 Å². The molecule has 2 amide bonds. The number of halogens is 2. The van der Waals surface area contributed by atoms with E-state index in [0.29, 0.717) is 27.3 Å². The van der Waals surface area contributed by atoms with Crippen LogP contribution in [0.5, 0.6) is 0 Å². The number of nitrogens with one attached hydrogen (secondary N) is 1. The van der Waals surface area contributed by atoms with E-state index in [4.69, 9.17) is 11.6 Å². The van der Waals surface area contributed by atoms with E-state index < -0.39 is 17.6 Å². The van der Waals surface area contributed by atoms with E-state index in [2.05, 4.69) is 15.2 Å². The first-order valence-electron chi connectivity index (χ1n) is 8.73. The number of rotatable bonds is 2. The molecular formula is C21H12ClFN4O2. The van der Waals surface area contributed by atoms with E-state index in [9.17, 15) is 14.0 Å². The normalized spacial score (nSPS) is 13.4. The molecule has 0 aliphatic carbocycles. The standard InChI is InChI=1S/C21H12ClFN4O2/c1-10-2-7-15(14(23)8-10)27-20(28)13-9-24-19-17(16(13)21(27)29)18(25-26-19)11-3-5-12(22)6-4-11/h2-9H,1H3,(H,24,25,26). The van der Waals surface area contributed by atoms with E-state index in [1.807, 2.05) is 0 Å². The minimum absolute atomic E-state index is 0.0912. The Morgan fingerprint density at radius 3 is 2.55 bits per heavy atom. The molecule has 4 aromatic rings. The molecule has 29 heavy (non-hydrogen) atoms. The number of pyridine rings is 1. The van der Waals surface area contributed by atoms with Crippen LogP contribution < -0.4 is 4.90 Å². The zero-order valence-corrected chi connectivity index (χ0v) is 15.8. The fourth-order valence-electron chi connectivity index (χ4n) is 3.53. The fourth-order valence-corrected chi connectivity index (χ4v) is 3.66. The highest BCUT2D eigenvalue weighted by Crippen LogP contribution is 2.37. The summed E-state index contributed by atoms with van der Waals surface area (Å²) in [7, 11) is 0. The molecular weight excluding hydrogens is 395 g/mol. The van der Waals surface area contributed by atoms with Gasteiger partial charge in [-0.05, 0) is 36.8 Å². The Bertz CT molecular complexity index is 1330. The Hall–Kier alpha value is -3.58. The van der Waals surface area contributed by atoms with Crippen molar-refractivity contribution >= 4 is 40.1 Å². The second-order valence-corrected chi connectivity index (χ2v) is 7.19. The molecule has 0 spiro atoms. The molecule has 2 aromatic heterocycles. The van der Waals surface area contributed by atoms with Crippen LogP contribution in [0.4, 0.5) is 10.1 Å². The van der Waals surface area contributed by atoms with Crippen molar-refractivity contribution in [3.05, 3.63) is 76.2 Å². The first-order valence-corrected chi connectivity index (χ1v) is 9.11. The maximum absolute atomic E-state index is 14.5. The molecule has 0 bridgehead atoms. The van der Waals surface area contributed by atoms with Crippen molar-refractivity contribution in [1.82, 2.24) is 15.2 Å². The van der Waals surface area contributed by atoms with Crippen LogP contribution >= 0.6 is 11.6 Å². The van der Waals surface area contributed by atoms with Crippen molar-refractivity contribution < 1.29 is 14.0 Å². The molecule has 0 saturated carbocycles. The van der Waals surface area contributed by atoms with Gasteiger partial charge in [-0.1, -0.05) is 29.8 Å². The Balaban J connectivity index is 1.73. The third-order valence-electron chi connectivity index (χ3n) is 4.91. The van der Waals surface area contributed by atoms with Gasteiger partial charge in [0, 0.05) is 16.8 Å². The Morgan fingerprint density at radius 1 is 1.07 bits per heavy atom. The summed E-state index contributed by atoms with van der Waals surface area (Å²) in [5.41, 5.74) is 2.41. The second-order valence-electron chi connectivity index (χ2n) is 6.75. The largest absolute Gasteiger partial charge is 0.275 e. The number of hydrogen-bond acceptors (Lipinski definition) is 4. The van der Waals surface area contributed by atoms with Crippen LogP contribution in [0.25, 0.3) is 22.3 Å². The highest BCUT2D eigenvalue weighted by Gasteiger charge is 2.41. The smallest absolute Gasteiger partial charge is 0.267 e. The van der Waals surface area contributed by atoms with Crippen LogP contribution in [0.15, 0.2) is 48.7 Å². The van der Waals surface area contributed by atoms with Gasteiger partial charge in [0.1, 0.15) is 5.82 Å². The van der Waals surface area contributed by atoms with Gasteiger partial charge in [0.05, 0.1) is 27.9 Å². The topological polar surface area (TPSA) is 79.0 Å². The highest BCUT2D eigenvalue weighted by atomic mass is 35.5. The van der Waals surface area contributed by atoms with E-state index in [1.165, 1.54) is 18.3 Å². The second kappa shape index (κ2) is 6.22. The van der Waals surface area contributed by atoms with Crippen LogP contribution in [0.2, 0.25) is 5.02 Å². The number of amides is 2. The summed E-state index contributed by atoms with van der Waals surface area (Å²) in [6, 6.07) is 11.3. The quantitative estimate of drug-likeness (QED) is 0.496. The van der Waals surface area contributed by atoms with Gasteiger partial charge in [0.15, 0.2) is 5.65 Å². The first-order chi connectivity index (χ1) is 14.0. The Labute approximate surface area is 168 Å². The molecule has 1 N–H and O–H groups in total.